The minimum Gasteiger partial charge on any atom is -0.340 e. The Kier molecular flexibility index (Phi) is 4.66. The van der Waals surface area contributed by atoms with Crippen LogP contribution in [0.4, 0.5) is 4.39 Å². The number of benzene rings is 1. The summed E-state index contributed by atoms with van der Waals surface area (Å²) < 4.78 is 14.0. The second-order valence-electron chi connectivity index (χ2n) is 5.28. The number of nitrogens with one attached hydrogen (secondary N) is 1. The Morgan fingerprint density at radius 1 is 1.29 bits per heavy atom. The first-order valence-corrected chi connectivity index (χ1v) is 7.75. The average molecular weight is 357 g/mol. The summed E-state index contributed by atoms with van der Waals surface area (Å²) in [7, 11) is 0. The van der Waals surface area contributed by atoms with Gasteiger partial charge < -0.3 is 10.2 Å². The summed E-state index contributed by atoms with van der Waals surface area (Å²) in [6.45, 7) is 3.99. The van der Waals surface area contributed by atoms with Crippen LogP contribution in [0.25, 0.3) is 0 Å². The molecule has 2 amide bonds. The molecule has 1 aliphatic rings. The van der Waals surface area contributed by atoms with Gasteiger partial charge in [0, 0.05) is 11.0 Å². The van der Waals surface area contributed by atoms with Crippen LogP contribution in [0.2, 0.25) is 0 Å². The summed E-state index contributed by atoms with van der Waals surface area (Å²) in [4.78, 5) is 26.0. The molecule has 1 aliphatic heterocycles. The van der Waals surface area contributed by atoms with Gasteiger partial charge >= 0.3 is 0 Å². The Morgan fingerprint density at radius 2 is 1.95 bits per heavy atom. The van der Waals surface area contributed by atoms with Gasteiger partial charge in [0.1, 0.15) is 11.4 Å². The molecule has 1 aromatic rings. The summed E-state index contributed by atoms with van der Waals surface area (Å²) in [5, 5.41) is 2.80. The second-order valence-corrected chi connectivity index (χ2v) is 6.19. The van der Waals surface area contributed by atoms with Crippen LogP contribution in [0.3, 0.4) is 0 Å². The van der Waals surface area contributed by atoms with Crippen LogP contribution in [0.5, 0.6) is 0 Å². The number of piperazine rings is 1. The van der Waals surface area contributed by atoms with Gasteiger partial charge in [-0.25, -0.2) is 4.39 Å². The number of halogens is 2. The molecule has 2 rings (SSSR count). The molecule has 0 radical (unpaired) electrons. The number of nitrogens with zero attached hydrogens (tertiary/aromatic N) is 1. The first-order chi connectivity index (χ1) is 9.90. The molecule has 1 aromatic carbocycles. The van der Waals surface area contributed by atoms with Gasteiger partial charge in [0.15, 0.2) is 0 Å². The van der Waals surface area contributed by atoms with Crippen LogP contribution in [0.15, 0.2) is 22.7 Å². The maximum atomic E-state index is 13.4. The number of rotatable bonds is 4. The largest absolute Gasteiger partial charge is 0.340 e. The van der Waals surface area contributed by atoms with E-state index in [2.05, 4.69) is 21.2 Å². The van der Waals surface area contributed by atoms with E-state index in [1.165, 1.54) is 17.0 Å². The summed E-state index contributed by atoms with van der Waals surface area (Å²) in [6, 6.07) is 4.49. The average Bonchev–Trinajstić information content (AvgIpc) is 2.41. The van der Waals surface area contributed by atoms with Crippen molar-refractivity contribution >= 4 is 27.7 Å². The summed E-state index contributed by atoms with van der Waals surface area (Å²) >= 11 is 3.23. The molecule has 0 bridgehead atoms. The predicted octanol–water partition coefficient (Wildman–Crippen LogP) is 2.61. The monoisotopic (exact) mass is 356 g/mol. The SMILES string of the molecule is CCC1(CC)NC(=O)CN(Cc2cc(F)cc(Br)c2)C1=O. The topological polar surface area (TPSA) is 49.4 Å². The van der Waals surface area contributed by atoms with Crippen molar-refractivity contribution in [1.82, 2.24) is 10.2 Å². The Labute approximate surface area is 131 Å². The Morgan fingerprint density at radius 3 is 2.52 bits per heavy atom. The van der Waals surface area contributed by atoms with E-state index in [4.69, 9.17) is 0 Å². The molecule has 1 N–H and O–H groups in total. The van der Waals surface area contributed by atoms with E-state index < -0.39 is 5.54 Å². The third-order valence-electron chi connectivity index (χ3n) is 3.91. The van der Waals surface area contributed by atoms with Gasteiger partial charge in [-0.2, -0.15) is 0 Å². The predicted molar refractivity (Wildman–Crippen MR) is 81.0 cm³/mol. The fraction of sp³-hybridized carbons (Fsp3) is 0.467. The smallest absolute Gasteiger partial charge is 0.249 e. The molecule has 1 heterocycles. The number of amides is 2. The van der Waals surface area contributed by atoms with Crippen LogP contribution in [0, 0.1) is 5.82 Å². The molecule has 0 spiro atoms. The molecule has 114 valence electrons. The normalized spacial score (nSPS) is 17.8. The van der Waals surface area contributed by atoms with Gasteiger partial charge in [0.2, 0.25) is 11.8 Å². The lowest BCUT2D eigenvalue weighted by Crippen LogP contribution is -2.65. The molecule has 1 saturated heterocycles. The lowest BCUT2D eigenvalue weighted by atomic mass is 9.88. The summed E-state index contributed by atoms with van der Waals surface area (Å²) in [6.07, 6.45) is 1.08. The zero-order valence-corrected chi connectivity index (χ0v) is 13.7. The van der Waals surface area contributed by atoms with Crippen molar-refractivity contribution < 1.29 is 14.0 Å². The highest BCUT2D eigenvalue weighted by Crippen LogP contribution is 2.24. The van der Waals surface area contributed by atoms with Crippen molar-refractivity contribution in [1.29, 1.82) is 0 Å². The van der Waals surface area contributed by atoms with Crippen molar-refractivity contribution in [2.24, 2.45) is 0 Å². The maximum Gasteiger partial charge on any atom is 0.249 e. The van der Waals surface area contributed by atoms with Crippen LogP contribution in [-0.4, -0.2) is 28.8 Å². The molecule has 6 heteroatoms. The lowest BCUT2D eigenvalue weighted by molar-refractivity contribution is -0.151. The highest BCUT2D eigenvalue weighted by Gasteiger charge is 2.43. The minimum absolute atomic E-state index is 0.00865. The quantitative estimate of drug-likeness (QED) is 0.901. The zero-order valence-electron chi connectivity index (χ0n) is 12.1. The number of carbonyl (C=O) groups excluding carboxylic acids is 2. The van der Waals surface area contributed by atoms with E-state index >= 15 is 0 Å². The fourth-order valence-electron chi connectivity index (χ4n) is 2.69. The van der Waals surface area contributed by atoms with Gasteiger partial charge in [-0.1, -0.05) is 29.8 Å². The molecule has 0 unspecified atom stereocenters. The van der Waals surface area contributed by atoms with Gasteiger partial charge in [0.05, 0.1) is 6.54 Å². The Bertz CT molecular complexity index is 553. The van der Waals surface area contributed by atoms with E-state index in [-0.39, 0.29) is 30.7 Å². The Hall–Kier alpha value is -1.43. The van der Waals surface area contributed by atoms with Crippen molar-refractivity contribution in [3.8, 4) is 0 Å². The summed E-state index contributed by atoms with van der Waals surface area (Å²) in [5.74, 6) is -0.646. The molecule has 21 heavy (non-hydrogen) atoms. The lowest BCUT2D eigenvalue weighted by Gasteiger charge is -2.41. The highest BCUT2D eigenvalue weighted by molar-refractivity contribution is 9.10. The first kappa shape index (κ1) is 15.9. The van der Waals surface area contributed by atoms with Crippen LogP contribution in [0.1, 0.15) is 32.3 Å². The van der Waals surface area contributed by atoms with Gasteiger partial charge in [0.25, 0.3) is 0 Å². The molecule has 0 aliphatic carbocycles. The highest BCUT2D eigenvalue weighted by atomic mass is 79.9. The van der Waals surface area contributed by atoms with E-state index in [0.717, 1.165) is 0 Å². The van der Waals surface area contributed by atoms with Crippen molar-refractivity contribution in [3.63, 3.8) is 0 Å². The van der Waals surface area contributed by atoms with Crippen LogP contribution in [-0.2, 0) is 16.1 Å². The van der Waals surface area contributed by atoms with Crippen LogP contribution >= 0.6 is 15.9 Å². The molecule has 1 fully saturated rings. The van der Waals surface area contributed by atoms with E-state index in [9.17, 15) is 14.0 Å². The summed E-state index contributed by atoms with van der Waals surface area (Å²) in [5.41, 5.74) is -0.175. The standard InChI is InChI=1S/C15H18BrFN2O2/c1-3-15(4-2)14(21)19(9-13(20)18-15)8-10-5-11(16)7-12(17)6-10/h5-7H,3-4,8-9H2,1-2H3,(H,18,20). The number of hydrogen-bond donors (Lipinski definition) is 1. The third kappa shape index (κ3) is 3.26. The second kappa shape index (κ2) is 6.13. The fourth-order valence-corrected chi connectivity index (χ4v) is 3.20. The maximum absolute atomic E-state index is 13.4. The minimum atomic E-state index is -0.833. The Balaban J connectivity index is 2.26. The van der Waals surface area contributed by atoms with Crippen molar-refractivity contribution in [3.05, 3.63) is 34.1 Å². The van der Waals surface area contributed by atoms with E-state index in [1.807, 2.05) is 13.8 Å². The van der Waals surface area contributed by atoms with Gasteiger partial charge in [-0.05, 0) is 36.6 Å². The van der Waals surface area contributed by atoms with Crippen molar-refractivity contribution in [2.75, 3.05) is 6.54 Å². The van der Waals surface area contributed by atoms with Crippen LogP contribution < -0.4 is 5.32 Å². The molecule has 4 nitrogen and oxygen atoms in total. The number of hydrogen-bond acceptors (Lipinski definition) is 2. The molecule has 0 saturated carbocycles. The molecule has 0 aromatic heterocycles. The molecule has 0 atom stereocenters. The van der Waals surface area contributed by atoms with E-state index in [1.54, 1.807) is 6.07 Å². The van der Waals surface area contributed by atoms with Crippen molar-refractivity contribution in [2.45, 2.75) is 38.8 Å². The number of carbonyl (C=O) groups is 2. The molecular weight excluding hydrogens is 339 g/mol. The van der Waals surface area contributed by atoms with E-state index in [0.29, 0.717) is 22.9 Å². The van der Waals surface area contributed by atoms with Gasteiger partial charge in [-0.3, -0.25) is 9.59 Å². The third-order valence-corrected chi connectivity index (χ3v) is 4.37. The van der Waals surface area contributed by atoms with Gasteiger partial charge in [-0.15, -0.1) is 0 Å². The zero-order chi connectivity index (χ0) is 15.6. The molecular formula is C15H18BrFN2O2. The first-order valence-electron chi connectivity index (χ1n) is 6.95.